The standard InChI is InChI=1S/C14H28N2O2/c1-3-10-15-13(14(17)18)11-16(2)12-8-6-4-5-7-9-12/h12-13,15H,3-11H2,1-2H3,(H,17,18). The minimum Gasteiger partial charge on any atom is -0.480 e. The first-order valence-electron chi connectivity index (χ1n) is 7.31. The van der Waals surface area contributed by atoms with Crippen LogP contribution in [-0.2, 0) is 4.79 Å². The molecule has 1 unspecified atom stereocenters. The van der Waals surface area contributed by atoms with Gasteiger partial charge in [-0.05, 0) is 32.9 Å². The lowest BCUT2D eigenvalue weighted by Gasteiger charge is -2.29. The fraction of sp³-hybridized carbons (Fsp3) is 0.929. The van der Waals surface area contributed by atoms with E-state index in [9.17, 15) is 9.90 Å². The highest BCUT2D eigenvalue weighted by atomic mass is 16.4. The molecule has 0 spiro atoms. The molecule has 2 N–H and O–H groups in total. The summed E-state index contributed by atoms with van der Waals surface area (Å²) in [5.41, 5.74) is 0. The maximum atomic E-state index is 11.2. The molecule has 0 radical (unpaired) electrons. The molecular weight excluding hydrogens is 228 g/mol. The molecule has 4 nitrogen and oxygen atoms in total. The second kappa shape index (κ2) is 8.48. The Kier molecular flexibility index (Phi) is 7.28. The summed E-state index contributed by atoms with van der Waals surface area (Å²) in [6.45, 7) is 3.44. The maximum absolute atomic E-state index is 11.2. The number of nitrogens with zero attached hydrogens (tertiary/aromatic N) is 1. The molecule has 0 amide bonds. The van der Waals surface area contributed by atoms with Crippen molar-refractivity contribution in [3.63, 3.8) is 0 Å². The predicted octanol–water partition coefficient (Wildman–Crippen LogP) is 2.09. The lowest BCUT2D eigenvalue weighted by Crippen LogP contribution is -2.48. The molecule has 0 aliphatic heterocycles. The number of carboxylic acid groups (broad SMARTS) is 1. The average molecular weight is 256 g/mol. The summed E-state index contributed by atoms with van der Waals surface area (Å²) < 4.78 is 0. The summed E-state index contributed by atoms with van der Waals surface area (Å²) in [6, 6.07) is 0.135. The summed E-state index contributed by atoms with van der Waals surface area (Å²) in [4.78, 5) is 13.4. The van der Waals surface area contributed by atoms with Crippen molar-refractivity contribution in [3.8, 4) is 0 Å². The van der Waals surface area contributed by atoms with Gasteiger partial charge in [0.05, 0.1) is 0 Å². The predicted molar refractivity (Wildman–Crippen MR) is 73.8 cm³/mol. The minimum absolute atomic E-state index is 0.432. The van der Waals surface area contributed by atoms with Gasteiger partial charge in [-0.1, -0.05) is 32.6 Å². The normalized spacial score (nSPS) is 19.7. The molecule has 1 atom stereocenters. The van der Waals surface area contributed by atoms with Crippen LogP contribution >= 0.6 is 0 Å². The van der Waals surface area contributed by atoms with Gasteiger partial charge in [-0.3, -0.25) is 4.79 Å². The largest absolute Gasteiger partial charge is 0.480 e. The number of carboxylic acids is 1. The Morgan fingerprint density at radius 2 is 1.94 bits per heavy atom. The molecular formula is C14H28N2O2. The number of rotatable bonds is 7. The van der Waals surface area contributed by atoms with Gasteiger partial charge in [0.2, 0.25) is 0 Å². The first kappa shape index (κ1) is 15.4. The molecule has 1 saturated carbocycles. The van der Waals surface area contributed by atoms with Crippen molar-refractivity contribution in [3.05, 3.63) is 0 Å². The van der Waals surface area contributed by atoms with Crippen molar-refractivity contribution in [1.29, 1.82) is 0 Å². The topological polar surface area (TPSA) is 52.6 Å². The maximum Gasteiger partial charge on any atom is 0.322 e. The number of carbonyl (C=O) groups is 1. The van der Waals surface area contributed by atoms with E-state index in [1.807, 2.05) is 0 Å². The van der Waals surface area contributed by atoms with Gasteiger partial charge in [-0.25, -0.2) is 0 Å². The van der Waals surface area contributed by atoms with E-state index >= 15 is 0 Å². The Balaban J connectivity index is 2.42. The third-order valence-electron chi connectivity index (χ3n) is 3.86. The van der Waals surface area contributed by atoms with Crippen LogP contribution in [0.25, 0.3) is 0 Å². The zero-order chi connectivity index (χ0) is 13.4. The van der Waals surface area contributed by atoms with Crippen LogP contribution in [0, 0.1) is 0 Å². The van der Waals surface area contributed by atoms with Crippen LogP contribution in [0.4, 0.5) is 0 Å². The van der Waals surface area contributed by atoms with E-state index < -0.39 is 12.0 Å². The number of nitrogens with one attached hydrogen (secondary N) is 1. The van der Waals surface area contributed by atoms with Crippen molar-refractivity contribution in [2.45, 2.75) is 64.0 Å². The van der Waals surface area contributed by atoms with Crippen LogP contribution in [0.2, 0.25) is 0 Å². The van der Waals surface area contributed by atoms with E-state index in [1.165, 1.54) is 38.5 Å². The van der Waals surface area contributed by atoms with Crippen molar-refractivity contribution in [2.24, 2.45) is 0 Å². The van der Waals surface area contributed by atoms with Gasteiger partial charge in [0, 0.05) is 12.6 Å². The van der Waals surface area contributed by atoms with Crippen LogP contribution in [0.3, 0.4) is 0 Å². The van der Waals surface area contributed by atoms with Gasteiger partial charge in [0.15, 0.2) is 0 Å². The quantitative estimate of drug-likeness (QED) is 0.685. The second-order valence-corrected chi connectivity index (χ2v) is 5.43. The Labute approximate surface area is 111 Å². The van der Waals surface area contributed by atoms with Crippen molar-refractivity contribution < 1.29 is 9.90 Å². The summed E-state index contributed by atoms with van der Waals surface area (Å²) in [5, 5.41) is 12.3. The van der Waals surface area contributed by atoms with E-state index in [4.69, 9.17) is 0 Å². The van der Waals surface area contributed by atoms with Crippen molar-refractivity contribution in [1.82, 2.24) is 10.2 Å². The molecule has 0 aromatic carbocycles. The van der Waals surface area contributed by atoms with E-state index in [0.717, 1.165) is 13.0 Å². The Morgan fingerprint density at radius 3 is 2.44 bits per heavy atom. The SMILES string of the molecule is CCCNC(CN(C)C1CCCCCC1)C(=O)O. The van der Waals surface area contributed by atoms with Gasteiger partial charge in [-0.15, -0.1) is 0 Å². The fourth-order valence-electron chi connectivity index (χ4n) is 2.68. The van der Waals surface area contributed by atoms with E-state index in [1.54, 1.807) is 0 Å². The lowest BCUT2D eigenvalue weighted by molar-refractivity contribution is -0.140. The summed E-state index contributed by atoms with van der Waals surface area (Å²) >= 11 is 0. The van der Waals surface area contributed by atoms with E-state index in [0.29, 0.717) is 12.6 Å². The van der Waals surface area contributed by atoms with Gasteiger partial charge < -0.3 is 15.3 Å². The molecule has 106 valence electrons. The Hall–Kier alpha value is -0.610. The first-order chi connectivity index (χ1) is 8.65. The zero-order valence-corrected chi connectivity index (χ0v) is 11.8. The van der Waals surface area contributed by atoms with Crippen LogP contribution < -0.4 is 5.32 Å². The zero-order valence-electron chi connectivity index (χ0n) is 11.8. The third-order valence-corrected chi connectivity index (χ3v) is 3.86. The van der Waals surface area contributed by atoms with Gasteiger partial charge in [-0.2, -0.15) is 0 Å². The van der Waals surface area contributed by atoms with Crippen LogP contribution in [0.1, 0.15) is 51.9 Å². The molecule has 0 aromatic heterocycles. The number of likely N-dealkylation sites (N-methyl/N-ethyl adjacent to an activating group) is 1. The molecule has 1 rings (SSSR count). The lowest BCUT2D eigenvalue weighted by atomic mass is 10.1. The van der Waals surface area contributed by atoms with Gasteiger partial charge >= 0.3 is 5.97 Å². The molecule has 4 heteroatoms. The van der Waals surface area contributed by atoms with Crippen LogP contribution in [0.15, 0.2) is 0 Å². The van der Waals surface area contributed by atoms with Crippen LogP contribution in [0.5, 0.6) is 0 Å². The summed E-state index contributed by atoms with van der Waals surface area (Å²) in [5.74, 6) is -0.732. The van der Waals surface area contributed by atoms with E-state index in [2.05, 4.69) is 24.2 Å². The molecule has 0 heterocycles. The van der Waals surface area contributed by atoms with Crippen molar-refractivity contribution in [2.75, 3.05) is 20.1 Å². The molecule has 18 heavy (non-hydrogen) atoms. The molecule has 1 fully saturated rings. The molecule has 0 bridgehead atoms. The average Bonchev–Trinajstić information content (AvgIpc) is 2.62. The Morgan fingerprint density at radius 1 is 1.33 bits per heavy atom. The third kappa shape index (κ3) is 5.36. The highest BCUT2D eigenvalue weighted by Gasteiger charge is 2.23. The van der Waals surface area contributed by atoms with Gasteiger partial charge in [0.1, 0.15) is 6.04 Å². The number of aliphatic carboxylic acids is 1. The Bertz CT molecular complexity index is 238. The molecule has 1 aliphatic rings. The highest BCUT2D eigenvalue weighted by molar-refractivity contribution is 5.73. The second-order valence-electron chi connectivity index (χ2n) is 5.43. The summed E-state index contributed by atoms with van der Waals surface area (Å²) in [7, 11) is 2.07. The van der Waals surface area contributed by atoms with Gasteiger partial charge in [0.25, 0.3) is 0 Å². The smallest absolute Gasteiger partial charge is 0.322 e. The van der Waals surface area contributed by atoms with E-state index in [-0.39, 0.29) is 0 Å². The number of hydrogen-bond acceptors (Lipinski definition) is 3. The molecule has 1 aliphatic carbocycles. The molecule has 0 aromatic rings. The van der Waals surface area contributed by atoms with Crippen LogP contribution in [-0.4, -0.2) is 48.2 Å². The number of hydrogen-bond donors (Lipinski definition) is 2. The monoisotopic (exact) mass is 256 g/mol. The molecule has 0 saturated heterocycles. The first-order valence-corrected chi connectivity index (χ1v) is 7.31. The summed E-state index contributed by atoms with van der Waals surface area (Å²) in [6.07, 6.45) is 8.65. The van der Waals surface area contributed by atoms with Crippen molar-refractivity contribution >= 4 is 5.97 Å². The minimum atomic E-state index is -0.732. The fourth-order valence-corrected chi connectivity index (χ4v) is 2.68. The highest BCUT2D eigenvalue weighted by Crippen LogP contribution is 2.21.